The van der Waals surface area contributed by atoms with Crippen molar-refractivity contribution in [3.8, 4) is 0 Å². The highest BCUT2D eigenvalue weighted by Crippen LogP contribution is 2.43. The molecule has 1 aliphatic heterocycles. The Bertz CT molecular complexity index is 603. The summed E-state index contributed by atoms with van der Waals surface area (Å²) in [6, 6.07) is 4.70. The highest BCUT2D eigenvalue weighted by Gasteiger charge is 2.52. The first-order valence-electron chi connectivity index (χ1n) is 7.58. The summed E-state index contributed by atoms with van der Waals surface area (Å²) in [7, 11) is 0. The standard InChI is InChI=1S/C17H23F3N2O/c1-15(2,3)12-9-7-6-8-11(12)13(17(18,19)20)22-10-16(4,5)14(23)21-22/h6-9,13H,10H2,1-5H3,(H,21,23). The number of alkyl halides is 3. The minimum atomic E-state index is -4.49. The van der Waals surface area contributed by atoms with E-state index < -0.39 is 23.0 Å². The van der Waals surface area contributed by atoms with E-state index in [1.807, 2.05) is 20.8 Å². The number of hydrogen-bond acceptors (Lipinski definition) is 2. The Balaban J connectivity index is 2.53. The number of hydrazine groups is 1. The maximum atomic E-state index is 13.8. The first-order valence-corrected chi connectivity index (χ1v) is 7.58. The zero-order valence-corrected chi connectivity index (χ0v) is 14.1. The smallest absolute Gasteiger partial charge is 0.287 e. The van der Waals surface area contributed by atoms with Gasteiger partial charge in [0, 0.05) is 6.54 Å². The fraction of sp³-hybridized carbons (Fsp3) is 0.588. The van der Waals surface area contributed by atoms with Gasteiger partial charge in [0.25, 0.3) is 0 Å². The Kier molecular flexibility index (Phi) is 4.26. The summed E-state index contributed by atoms with van der Waals surface area (Å²) in [5, 5.41) is 1.02. The van der Waals surface area contributed by atoms with Crippen LogP contribution in [0, 0.1) is 5.41 Å². The molecule has 1 atom stereocenters. The molecule has 1 N–H and O–H groups in total. The van der Waals surface area contributed by atoms with Gasteiger partial charge in [-0.3, -0.25) is 10.2 Å². The van der Waals surface area contributed by atoms with E-state index in [-0.39, 0.29) is 18.0 Å². The van der Waals surface area contributed by atoms with Gasteiger partial charge in [-0.15, -0.1) is 0 Å². The van der Waals surface area contributed by atoms with Crippen molar-refractivity contribution in [3.63, 3.8) is 0 Å². The Labute approximate surface area is 134 Å². The summed E-state index contributed by atoms with van der Waals surface area (Å²) in [4.78, 5) is 11.9. The number of rotatable bonds is 2. The molecule has 0 radical (unpaired) electrons. The Morgan fingerprint density at radius 2 is 1.74 bits per heavy atom. The summed E-state index contributed by atoms with van der Waals surface area (Å²) in [5.41, 5.74) is 1.94. The number of halogens is 3. The second kappa shape index (κ2) is 5.51. The van der Waals surface area contributed by atoms with Gasteiger partial charge in [0.15, 0.2) is 0 Å². The van der Waals surface area contributed by atoms with Crippen LogP contribution in [0.2, 0.25) is 0 Å². The molecule has 1 saturated heterocycles. The molecular weight excluding hydrogens is 305 g/mol. The Hall–Kier alpha value is -1.56. The van der Waals surface area contributed by atoms with Crippen molar-refractivity contribution in [1.82, 2.24) is 10.4 Å². The van der Waals surface area contributed by atoms with E-state index in [4.69, 9.17) is 0 Å². The van der Waals surface area contributed by atoms with E-state index in [9.17, 15) is 18.0 Å². The predicted molar refractivity (Wildman–Crippen MR) is 82.6 cm³/mol. The number of benzene rings is 1. The first kappa shape index (κ1) is 17.8. The molecule has 1 aromatic carbocycles. The third kappa shape index (κ3) is 3.52. The van der Waals surface area contributed by atoms with Crippen LogP contribution in [0.15, 0.2) is 24.3 Å². The van der Waals surface area contributed by atoms with Gasteiger partial charge in [-0.2, -0.15) is 13.2 Å². The summed E-state index contributed by atoms with van der Waals surface area (Å²) < 4.78 is 41.4. The number of carbonyl (C=O) groups excluding carboxylic acids is 1. The number of nitrogens with one attached hydrogen (secondary N) is 1. The molecule has 1 aromatic rings. The van der Waals surface area contributed by atoms with Crippen LogP contribution in [-0.2, 0) is 10.2 Å². The largest absolute Gasteiger partial charge is 0.409 e. The van der Waals surface area contributed by atoms with Crippen LogP contribution in [0.4, 0.5) is 13.2 Å². The normalized spacial score (nSPS) is 20.4. The molecule has 1 aliphatic rings. The highest BCUT2D eigenvalue weighted by molar-refractivity contribution is 5.83. The molecule has 23 heavy (non-hydrogen) atoms. The van der Waals surface area contributed by atoms with Crippen molar-refractivity contribution >= 4 is 5.91 Å². The van der Waals surface area contributed by atoms with Crippen molar-refractivity contribution < 1.29 is 18.0 Å². The second-order valence-electron chi connectivity index (χ2n) is 7.73. The third-order valence-electron chi connectivity index (χ3n) is 4.11. The average molecular weight is 328 g/mol. The molecule has 3 nitrogen and oxygen atoms in total. The predicted octanol–water partition coefficient (Wildman–Crippen LogP) is 3.96. The Morgan fingerprint density at radius 1 is 1.17 bits per heavy atom. The van der Waals surface area contributed by atoms with Crippen molar-refractivity contribution in [1.29, 1.82) is 0 Å². The lowest BCUT2D eigenvalue weighted by Crippen LogP contribution is -2.44. The van der Waals surface area contributed by atoms with Gasteiger partial charge < -0.3 is 0 Å². The number of hydrogen-bond donors (Lipinski definition) is 1. The molecule has 2 rings (SSSR count). The second-order valence-corrected chi connectivity index (χ2v) is 7.73. The minimum Gasteiger partial charge on any atom is -0.287 e. The number of amides is 1. The lowest BCUT2D eigenvalue weighted by atomic mass is 9.81. The fourth-order valence-electron chi connectivity index (χ4n) is 2.91. The van der Waals surface area contributed by atoms with Gasteiger partial charge in [-0.25, -0.2) is 5.01 Å². The van der Waals surface area contributed by atoms with Gasteiger partial charge in [0.1, 0.15) is 6.04 Å². The molecule has 128 valence electrons. The quantitative estimate of drug-likeness (QED) is 0.891. The third-order valence-corrected chi connectivity index (χ3v) is 4.11. The molecule has 0 saturated carbocycles. The molecule has 6 heteroatoms. The van der Waals surface area contributed by atoms with Gasteiger partial charge >= 0.3 is 6.18 Å². The van der Waals surface area contributed by atoms with Crippen LogP contribution in [0.1, 0.15) is 51.8 Å². The average Bonchev–Trinajstić information content (AvgIpc) is 2.61. The van der Waals surface area contributed by atoms with Gasteiger partial charge in [-0.1, -0.05) is 45.0 Å². The van der Waals surface area contributed by atoms with Crippen LogP contribution in [0.3, 0.4) is 0 Å². The topological polar surface area (TPSA) is 32.3 Å². The van der Waals surface area contributed by atoms with Gasteiger partial charge in [0.2, 0.25) is 5.91 Å². The summed E-state index contributed by atoms with van der Waals surface area (Å²) >= 11 is 0. The van der Waals surface area contributed by atoms with Gasteiger partial charge in [0.05, 0.1) is 5.41 Å². The molecule has 1 amide bonds. The number of nitrogens with zero attached hydrogens (tertiary/aromatic N) is 1. The van der Waals surface area contributed by atoms with Crippen LogP contribution < -0.4 is 5.43 Å². The zero-order valence-electron chi connectivity index (χ0n) is 14.1. The maximum absolute atomic E-state index is 13.8. The van der Waals surface area contributed by atoms with Crippen LogP contribution >= 0.6 is 0 Å². The molecule has 0 aromatic heterocycles. The molecule has 0 aliphatic carbocycles. The van der Waals surface area contributed by atoms with Crippen molar-refractivity contribution in [2.75, 3.05) is 6.54 Å². The van der Waals surface area contributed by atoms with Crippen LogP contribution in [-0.4, -0.2) is 23.6 Å². The number of carbonyl (C=O) groups is 1. The molecule has 1 unspecified atom stereocenters. The zero-order chi connectivity index (χ0) is 17.6. The highest BCUT2D eigenvalue weighted by atomic mass is 19.4. The lowest BCUT2D eigenvalue weighted by molar-refractivity contribution is -0.191. The van der Waals surface area contributed by atoms with E-state index in [0.29, 0.717) is 5.56 Å². The Morgan fingerprint density at radius 3 is 2.17 bits per heavy atom. The summed E-state index contributed by atoms with van der Waals surface area (Å²) in [6.45, 7) is 8.94. The SMILES string of the molecule is CC1(C)CN(C(c2ccccc2C(C)(C)C)C(F)(F)F)NC1=O. The van der Waals surface area contributed by atoms with Crippen molar-refractivity contribution in [2.24, 2.45) is 5.41 Å². The molecule has 0 spiro atoms. The van der Waals surface area contributed by atoms with E-state index in [0.717, 1.165) is 5.01 Å². The van der Waals surface area contributed by atoms with Crippen LogP contribution in [0.25, 0.3) is 0 Å². The van der Waals surface area contributed by atoms with E-state index in [1.54, 1.807) is 32.0 Å². The monoisotopic (exact) mass is 328 g/mol. The molecule has 1 heterocycles. The first-order chi connectivity index (χ1) is 10.3. The van der Waals surface area contributed by atoms with E-state index in [1.165, 1.54) is 6.07 Å². The lowest BCUT2D eigenvalue weighted by Gasteiger charge is -2.34. The molecular formula is C17H23F3N2O. The molecule has 0 bridgehead atoms. The van der Waals surface area contributed by atoms with Crippen LogP contribution in [0.5, 0.6) is 0 Å². The summed E-state index contributed by atoms with van der Waals surface area (Å²) in [5.74, 6) is -0.389. The maximum Gasteiger partial charge on any atom is 0.409 e. The van der Waals surface area contributed by atoms with E-state index >= 15 is 0 Å². The van der Waals surface area contributed by atoms with Crippen molar-refractivity contribution in [2.45, 2.75) is 52.3 Å². The minimum absolute atomic E-state index is 0.00842. The van der Waals surface area contributed by atoms with Gasteiger partial charge in [-0.05, 0) is 30.4 Å². The van der Waals surface area contributed by atoms with E-state index in [2.05, 4.69) is 5.43 Å². The fourth-order valence-corrected chi connectivity index (χ4v) is 2.91. The van der Waals surface area contributed by atoms with Crippen molar-refractivity contribution in [3.05, 3.63) is 35.4 Å². The molecule has 1 fully saturated rings. The summed E-state index contributed by atoms with van der Waals surface area (Å²) in [6.07, 6.45) is -4.49.